The van der Waals surface area contributed by atoms with Crippen molar-refractivity contribution in [1.82, 2.24) is 0 Å². The molecular weight excluding hydrogens is 182 g/mol. The van der Waals surface area contributed by atoms with Crippen molar-refractivity contribution in [3.05, 3.63) is 60.3 Å². The Morgan fingerprint density at radius 2 is 1.67 bits per heavy atom. The number of aromatic nitrogens is 1. The predicted molar refractivity (Wildman–Crippen MR) is 61.8 cm³/mol. The third kappa shape index (κ3) is 1.20. The highest BCUT2D eigenvalue weighted by Gasteiger charge is 2.08. The van der Waals surface area contributed by atoms with Crippen LogP contribution < -0.4 is 4.40 Å². The van der Waals surface area contributed by atoms with Gasteiger partial charge in [-0.2, -0.15) is 4.40 Å². The van der Waals surface area contributed by atoms with Crippen LogP contribution in [0, 0.1) is 6.92 Å². The standard InChI is InChI=1S/C14H12N/c1-11-5-4-10-15-13(11)9-8-12-6-2-3-7-14(12)15/h2-10H,1H3/q+1. The van der Waals surface area contributed by atoms with Crippen LogP contribution in [0.2, 0.25) is 0 Å². The first-order valence-electron chi connectivity index (χ1n) is 5.15. The van der Waals surface area contributed by atoms with Gasteiger partial charge in [0.15, 0.2) is 6.20 Å². The van der Waals surface area contributed by atoms with Crippen molar-refractivity contribution in [1.29, 1.82) is 0 Å². The number of para-hydroxylation sites is 1. The average molecular weight is 194 g/mol. The Balaban J connectivity index is 2.60. The van der Waals surface area contributed by atoms with Crippen molar-refractivity contribution in [3.63, 3.8) is 0 Å². The fraction of sp³-hybridized carbons (Fsp3) is 0.0714. The number of hydrogen-bond donors (Lipinski definition) is 0. The Kier molecular flexibility index (Phi) is 1.72. The predicted octanol–water partition coefficient (Wildman–Crippen LogP) is 2.89. The van der Waals surface area contributed by atoms with E-state index in [4.69, 9.17) is 0 Å². The average Bonchev–Trinajstić information content (AvgIpc) is 2.29. The molecule has 3 aromatic rings. The smallest absolute Gasteiger partial charge is 0.160 e. The van der Waals surface area contributed by atoms with Gasteiger partial charge in [-0.05, 0) is 25.1 Å². The molecule has 15 heavy (non-hydrogen) atoms. The van der Waals surface area contributed by atoms with Crippen molar-refractivity contribution in [2.45, 2.75) is 6.92 Å². The Morgan fingerprint density at radius 1 is 0.800 bits per heavy atom. The second kappa shape index (κ2) is 3.06. The van der Waals surface area contributed by atoms with E-state index in [0.29, 0.717) is 0 Å². The second-order valence-electron chi connectivity index (χ2n) is 3.84. The van der Waals surface area contributed by atoms with E-state index in [2.05, 4.69) is 66.1 Å². The summed E-state index contributed by atoms with van der Waals surface area (Å²) in [5.74, 6) is 0. The topological polar surface area (TPSA) is 4.10 Å². The van der Waals surface area contributed by atoms with Crippen molar-refractivity contribution in [2.75, 3.05) is 0 Å². The van der Waals surface area contributed by atoms with Gasteiger partial charge in [-0.1, -0.05) is 12.1 Å². The van der Waals surface area contributed by atoms with Gasteiger partial charge in [-0.25, -0.2) is 0 Å². The molecule has 0 aliphatic rings. The maximum Gasteiger partial charge on any atom is 0.218 e. The fourth-order valence-corrected chi connectivity index (χ4v) is 2.07. The molecule has 0 unspecified atom stereocenters. The van der Waals surface area contributed by atoms with Gasteiger partial charge in [-0.15, -0.1) is 0 Å². The summed E-state index contributed by atoms with van der Waals surface area (Å²) in [6.45, 7) is 2.14. The van der Waals surface area contributed by atoms with Crippen molar-refractivity contribution in [2.24, 2.45) is 0 Å². The van der Waals surface area contributed by atoms with E-state index in [1.807, 2.05) is 0 Å². The first-order chi connectivity index (χ1) is 7.36. The molecule has 0 amide bonds. The molecule has 1 heteroatoms. The molecule has 0 radical (unpaired) electrons. The lowest BCUT2D eigenvalue weighted by molar-refractivity contribution is -0.482. The van der Waals surface area contributed by atoms with Gasteiger partial charge >= 0.3 is 0 Å². The molecular formula is C14H12N+. The fourth-order valence-electron chi connectivity index (χ4n) is 2.07. The molecule has 3 rings (SSSR count). The molecule has 2 aromatic heterocycles. The van der Waals surface area contributed by atoms with E-state index in [0.717, 1.165) is 0 Å². The van der Waals surface area contributed by atoms with Gasteiger partial charge in [0.2, 0.25) is 11.0 Å². The molecule has 0 saturated carbocycles. The summed E-state index contributed by atoms with van der Waals surface area (Å²) in [5, 5.41) is 1.28. The van der Waals surface area contributed by atoms with Crippen LogP contribution >= 0.6 is 0 Å². The lowest BCUT2D eigenvalue weighted by Gasteiger charge is -1.98. The third-order valence-electron chi connectivity index (χ3n) is 2.86. The molecule has 0 atom stereocenters. The van der Waals surface area contributed by atoms with Crippen molar-refractivity contribution < 1.29 is 4.40 Å². The second-order valence-corrected chi connectivity index (χ2v) is 3.84. The number of fused-ring (bicyclic) bond motifs is 3. The molecule has 0 aliphatic carbocycles. The van der Waals surface area contributed by atoms with Crippen LogP contribution in [0.5, 0.6) is 0 Å². The van der Waals surface area contributed by atoms with E-state index in [1.54, 1.807) is 0 Å². The minimum Gasteiger partial charge on any atom is -0.160 e. The summed E-state index contributed by atoms with van der Waals surface area (Å²) in [5.41, 5.74) is 3.85. The lowest BCUT2D eigenvalue weighted by Crippen LogP contribution is -2.22. The van der Waals surface area contributed by atoms with Crippen molar-refractivity contribution >= 4 is 16.4 Å². The molecule has 2 heterocycles. The van der Waals surface area contributed by atoms with Gasteiger partial charge < -0.3 is 0 Å². The summed E-state index contributed by atoms with van der Waals surface area (Å²) in [4.78, 5) is 0. The number of nitrogens with zero attached hydrogens (tertiary/aromatic N) is 1. The minimum absolute atomic E-state index is 1.26. The molecule has 1 nitrogen and oxygen atoms in total. The molecule has 0 saturated heterocycles. The maximum absolute atomic E-state index is 2.24. The van der Waals surface area contributed by atoms with E-state index in [-0.39, 0.29) is 0 Å². The van der Waals surface area contributed by atoms with Crippen LogP contribution in [-0.2, 0) is 0 Å². The lowest BCUT2D eigenvalue weighted by atomic mass is 10.1. The normalized spacial score (nSPS) is 11.0. The summed E-state index contributed by atoms with van der Waals surface area (Å²) in [6.07, 6.45) is 2.12. The molecule has 1 aromatic carbocycles. The molecule has 0 N–H and O–H groups in total. The number of benzene rings is 1. The van der Waals surface area contributed by atoms with Gasteiger partial charge in [-0.3, -0.25) is 0 Å². The summed E-state index contributed by atoms with van der Waals surface area (Å²) < 4.78 is 2.24. The summed E-state index contributed by atoms with van der Waals surface area (Å²) in [6, 6.07) is 17.0. The summed E-state index contributed by atoms with van der Waals surface area (Å²) in [7, 11) is 0. The first kappa shape index (κ1) is 8.42. The van der Waals surface area contributed by atoms with Crippen LogP contribution in [0.4, 0.5) is 0 Å². The van der Waals surface area contributed by atoms with Gasteiger partial charge in [0.1, 0.15) is 0 Å². The van der Waals surface area contributed by atoms with E-state index in [1.165, 1.54) is 22.0 Å². The molecule has 0 fully saturated rings. The Hall–Kier alpha value is -1.89. The molecule has 72 valence electrons. The Bertz CT molecular complexity index is 641. The SMILES string of the molecule is Cc1ccc[n+]2c1ccc1ccccc12. The zero-order valence-corrected chi connectivity index (χ0v) is 8.64. The highest BCUT2D eigenvalue weighted by molar-refractivity contribution is 5.77. The maximum atomic E-state index is 2.24. The zero-order chi connectivity index (χ0) is 10.3. The van der Waals surface area contributed by atoms with Crippen LogP contribution in [0.25, 0.3) is 16.4 Å². The van der Waals surface area contributed by atoms with Gasteiger partial charge in [0.05, 0.1) is 0 Å². The van der Waals surface area contributed by atoms with Crippen LogP contribution in [0.15, 0.2) is 54.7 Å². The largest absolute Gasteiger partial charge is 0.218 e. The van der Waals surface area contributed by atoms with Gasteiger partial charge in [0.25, 0.3) is 0 Å². The zero-order valence-electron chi connectivity index (χ0n) is 8.64. The molecule has 0 aliphatic heterocycles. The monoisotopic (exact) mass is 194 g/mol. The van der Waals surface area contributed by atoms with Crippen LogP contribution in [0.1, 0.15) is 5.56 Å². The number of aryl methyl sites for hydroxylation is 1. The van der Waals surface area contributed by atoms with Gasteiger partial charge in [0, 0.05) is 29.1 Å². The molecule has 0 spiro atoms. The van der Waals surface area contributed by atoms with E-state index in [9.17, 15) is 0 Å². The number of hydrogen-bond acceptors (Lipinski definition) is 0. The Morgan fingerprint density at radius 3 is 2.60 bits per heavy atom. The highest BCUT2D eigenvalue weighted by Crippen LogP contribution is 2.12. The molecule has 0 bridgehead atoms. The van der Waals surface area contributed by atoms with E-state index >= 15 is 0 Å². The number of pyridine rings is 2. The third-order valence-corrected chi connectivity index (χ3v) is 2.86. The van der Waals surface area contributed by atoms with Crippen LogP contribution in [-0.4, -0.2) is 0 Å². The number of rotatable bonds is 0. The highest BCUT2D eigenvalue weighted by atomic mass is 14.9. The minimum atomic E-state index is 1.26. The van der Waals surface area contributed by atoms with E-state index < -0.39 is 0 Å². The van der Waals surface area contributed by atoms with Crippen molar-refractivity contribution in [3.8, 4) is 0 Å². The van der Waals surface area contributed by atoms with Crippen LogP contribution in [0.3, 0.4) is 0 Å². The summed E-state index contributed by atoms with van der Waals surface area (Å²) >= 11 is 0. The Labute approximate surface area is 88.6 Å². The quantitative estimate of drug-likeness (QED) is 0.383. The first-order valence-corrected chi connectivity index (χ1v) is 5.15.